The monoisotopic (exact) mass is 213 g/mol. The Morgan fingerprint density at radius 1 is 1.75 bits per heavy atom. The van der Waals surface area contributed by atoms with Gasteiger partial charge in [-0.15, -0.1) is 11.3 Å². The Hall–Kier alpha value is -0.750. The average molecular weight is 214 g/mol. The molecule has 1 rings (SSSR count). The van der Waals surface area contributed by atoms with Crippen LogP contribution >= 0.6 is 22.9 Å². The summed E-state index contributed by atoms with van der Waals surface area (Å²) in [4.78, 5) is 13.2. The summed E-state index contributed by atoms with van der Waals surface area (Å²) < 4.78 is 25.2. The highest BCUT2D eigenvalue weighted by molar-refractivity contribution is 7.10. The minimum absolute atomic E-state index is 0.129. The summed E-state index contributed by atoms with van der Waals surface area (Å²) in [5, 5.41) is 8.29. The van der Waals surface area contributed by atoms with E-state index >= 15 is 0 Å². The molecule has 0 aromatic carbocycles. The molecule has 7 heteroatoms. The van der Waals surface area contributed by atoms with Gasteiger partial charge in [-0.25, -0.2) is 9.78 Å². The van der Waals surface area contributed by atoms with Crippen LogP contribution < -0.4 is 0 Å². The summed E-state index contributed by atoms with van der Waals surface area (Å²) in [6.07, 6.45) is 0. The van der Waals surface area contributed by atoms with E-state index in [1.54, 1.807) is 0 Å². The molecule has 0 amide bonds. The first-order valence-electron chi connectivity index (χ1n) is 2.67. The predicted octanol–water partition coefficient (Wildman–Crippen LogP) is 1.97. The molecule has 66 valence electrons. The van der Waals surface area contributed by atoms with Crippen molar-refractivity contribution in [2.24, 2.45) is 0 Å². The Bertz CT molecular complexity index is 314. The maximum absolute atomic E-state index is 12.6. The van der Waals surface area contributed by atoms with Crippen molar-refractivity contribution in [3.63, 3.8) is 0 Å². The van der Waals surface area contributed by atoms with Crippen molar-refractivity contribution < 1.29 is 18.7 Å². The van der Waals surface area contributed by atoms with Gasteiger partial charge in [0.25, 0.3) is 0 Å². The van der Waals surface area contributed by atoms with Crippen molar-refractivity contribution >= 4 is 28.9 Å². The number of rotatable bonds is 2. The molecular weight excluding hydrogens is 212 g/mol. The van der Waals surface area contributed by atoms with Crippen LogP contribution in [0.2, 0.25) is 5.15 Å². The molecule has 0 bridgehead atoms. The second kappa shape index (κ2) is 2.95. The number of carboxylic acid groups (broad SMARTS) is 1. The number of hydrogen-bond acceptors (Lipinski definition) is 3. The molecule has 0 aliphatic heterocycles. The maximum atomic E-state index is 12.6. The topological polar surface area (TPSA) is 50.2 Å². The first-order valence-corrected chi connectivity index (χ1v) is 3.93. The Morgan fingerprint density at radius 2 is 2.33 bits per heavy atom. The van der Waals surface area contributed by atoms with E-state index in [1.807, 2.05) is 0 Å². The normalized spacial score (nSPS) is 11.6. The third kappa shape index (κ3) is 1.54. The fourth-order valence-corrected chi connectivity index (χ4v) is 1.41. The van der Waals surface area contributed by atoms with Crippen LogP contribution in [-0.2, 0) is 10.7 Å². The van der Waals surface area contributed by atoms with Crippen molar-refractivity contribution in [3.05, 3.63) is 15.5 Å². The average Bonchev–Trinajstić information content (AvgIpc) is 2.35. The van der Waals surface area contributed by atoms with Crippen LogP contribution in [0.1, 0.15) is 5.01 Å². The number of aromatic nitrogens is 1. The molecule has 1 aromatic heterocycles. The van der Waals surface area contributed by atoms with Crippen molar-refractivity contribution in [3.8, 4) is 0 Å². The fourth-order valence-electron chi connectivity index (χ4n) is 0.490. The third-order valence-corrected chi connectivity index (χ3v) is 2.25. The molecule has 0 saturated carbocycles. The lowest BCUT2D eigenvalue weighted by molar-refractivity contribution is -0.166. The number of aliphatic carboxylic acids is 1. The zero-order valence-corrected chi connectivity index (χ0v) is 6.99. The van der Waals surface area contributed by atoms with Crippen LogP contribution in [0.5, 0.6) is 0 Å². The lowest BCUT2D eigenvalue weighted by Crippen LogP contribution is -2.24. The molecule has 0 atom stereocenters. The second-order valence-electron chi connectivity index (χ2n) is 1.85. The molecule has 0 aliphatic carbocycles. The van der Waals surface area contributed by atoms with Gasteiger partial charge < -0.3 is 5.11 Å². The first kappa shape index (κ1) is 9.34. The SMILES string of the molecule is O=C(O)C(F)(F)c1nc(Cl)cs1. The number of carbonyl (C=O) groups is 1. The predicted molar refractivity (Wildman–Crippen MR) is 38.7 cm³/mol. The zero-order chi connectivity index (χ0) is 9.35. The van der Waals surface area contributed by atoms with Crippen molar-refractivity contribution in [2.45, 2.75) is 5.92 Å². The van der Waals surface area contributed by atoms with E-state index in [1.165, 1.54) is 0 Å². The van der Waals surface area contributed by atoms with Crippen molar-refractivity contribution in [1.29, 1.82) is 0 Å². The minimum Gasteiger partial charge on any atom is -0.476 e. The van der Waals surface area contributed by atoms with E-state index in [0.29, 0.717) is 11.3 Å². The van der Waals surface area contributed by atoms with Gasteiger partial charge in [0.15, 0.2) is 5.01 Å². The smallest absolute Gasteiger partial charge is 0.393 e. The first-order chi connectivity index (χ1) is 5.44. The van der Waals surface area contributed by atoms with E-state index in [-0.39, 0.29) is 5.15 Å². The Morgan fingerprint density at radius 3 is 2.67 bits per heavy atom. The lowest BCUT2D eigenvalue weighted by Gasteiger charge is -2.05. The molecule has 0 spiro atoms. The molecule has 0 fully saturated rings. The van der Waals surface area contributed by atoms with Crippen molar-refractivity contribution in [2.75, 3.05) is 0 Å². The summed E-state index contributed by atoms with van der Waals surface area (Å²) in [7, 11) is 0. The van der Waals surface area contributed by atoms with Crippen molar-refractivity contribution in [1.82, 2.24) is 4.98 Å². The van der Waals surface area contributed by atoms with Crippen LogP contribution in [0.4, 0.5) is 8.78 Å². The second-order valence-corrected chi connectivity index (χ2v) is 3.10. The zero-order valence-electron chi connectivity index (χ0n) is 5.42. The standard InChI is InChI=1S/C5H2ClF2NO2S/c6-2-1-12-3(9-2)5(7,8)4(10)11/h1H,(H,10,11). The molecule has 1 heterocycles. The lowest BCUT2D eigenvalue weighted by atomic mass is 10.4. The molecule has 3 nitrogen and oxygen atoms in total. The van der Waals surface area contributed by atoms with Crippen LogP contribution in [0.25, 0.3) is 0 Å². The summed E-state index contributed by atoms with van der Waals surface area (Å²) in [5.41, 5.74) is 0. The van der Waals surface area contributed by atoms with Gasteiger partial charge in [-0.2, -0.15) is 8.78 Å². The van der Waals surface area contributed by atoms with Crippen LogP contribution in [-0.4, -0.2) is 16.1 Å². The fraction of sp³-hybridized carbons (Fsp3) is 0.200. The number of carboxylic acids is 1. The largest absolute Gasteiger partial charge is 0.476 e. The van der Waals surface area contributed by atoms with Gasteiger partial charge in [-0.3, -0.25) is 0 Å². The van der Waals surface area contributed by atoms with Crippen LogP contribution in [0.3, 0.4) is 0 Å². The molecule has 1 N–H and O–H groups in total. The van der Waals surface area contributed by atoms with Gasteiger partial charge in [-0.05, 0) is 0 Å². The van der Waals surface area contributed by atoms with Gasteiger partial charge in [0.05, 0.1) is 0 Å². The Kier molecular flexibility index (Phi) is 2.29. The highest BCUT2D eigenvalue weighted by atomic mass is 35.5. The number of alkyl halides is 2. The molecule has 0 radical (unpaired) electrons. The van der Waals surface area contributed by atoms with E-state index in [0.717, 1.165) is 5.38 Å². The van der Waals surface area contributed by atoms with Gasteiger partial charge >= 0.3 is 11.9 Å². The van der Waals surface area contributed by atoms with Gasteiger partial charge in [0.1, 0.15) is 5.15 Å². The van der Waals surface area contributed by atoms with Crippen LogP contribution in [0.15, 0.2) is 5.38 Å². The number of halogens is 3. The highest BCUT2D eigenvalue weighted by Crippen LogP contribution is 2.31. The molecule has 12 heavy (non-hydrogen) atoms. The molecule has 0 aliphatic rings. The number of nitrogens with zero attached hydrogens (tertiary/aromatic N) is 1. The summed E-state index contributed by atoms with van der Waals surface area (Å²) in [6, 6.07) is 0. The molecule has 1 aromatic rings. The quantitative estimate of drug-likeness (QED) is 0.817. The van der Waals surface area contributed by atoms with E-state index in [2.05, 4.69) is 4.98 Å². The highest BCUT2D eigenvalue weighted by Gasteiger charge is 2.44. The van der Waals surface area contributed by atoms with Gasteiger partial charge in [0, 0.05) is 5.38 Å². The Balaban J connectivity index is 3.05. The minimum atomic E-state index is -3.95. The summed E-state index contributed by atoms with van der Waals surface area (Å²) in [5.74, 6) is -6.17. The van der Waals surface area contributed by atoms with Crippen LogP contribution in [0, 0.1) is 0 Å². The Labute approximate surface area is 74.6 Å². The van der Waals surface area contributed by atoms with E-state index < -0.39 is 16.9 Å². The summed E-state index contributed by atoms with van der Waals surface area (Å²) in [6.45, 7) is 0. The summed E-state index contributed by atoms with van der Waals surface area (Å²) >= 11 is 5.76. The number of hydrogen-bond donors (Lipinski definition) is 1. The maximum Gasteiger partial charge on any atom is 0.393 e. The molecule has 0 unspecified atom stereocenters. The third-order valence-electron chi connectivity index (χ3n) is 1.01. The number of thiazole rings is 1. The van der Waals surface area contributed by atoms with E-state index in [4.69, 9.17) is 16.7 Å². The van der Waals surface area contributed by atoms with Gasteiger partial charge in [0.2, 0.25) is 0 Å². The van der Waals surface area contributed by atoms with Gasteiger partial charge in [-0.1, -0.05) is 11.6 Å². The van der Waals surface area contributed by atoms with E-state index in [9.17, 15) is 13.6 Å². The molecular formula is C5H2ClF2NO2S. The molecule has 0 saturated heterocycles.